The Labute approximate surface area is 113 Å². The van der Waals surface area contributed by atoms with Crippen LogP contribution in [0.15, 0.2) is 30.5 Å². The Morgan fingerprint density at radius 2 is 2.11 bits per heavy atom. The van der Waals surface area contributed by atoms with Crippen molar-refractivity contribution in [2.45, 2.75) is 20.4 Å². The molecule has 1 heterocycles. The van der Waals surface area contributed by atoms with Gasteiger partial charge in [0.1, 0.15) is 11.6 Å². The van der Waals surface area contributed by atoms with Crippen molar-refractivity contribution in [1.82, 2.24) is 15.3 Å². The summed E-state index contributed by atoms with van der Waals surface area (Å²) in [5.41, 5.74) is 3.14. The molecule has 19 heavy (non-hydrogen) atoms. The van der Waals surface area contributed by atoms with Gasteiger partial charge < -0.3 is 10.1 Å². The number of nitrogens with zero attached hydrogens (tertiary/aromatic N) is 2. The molecule has 0 aliphatic carbocycles. The number of nitrogens with one attached hydrogen (secondary N) is 1. The molecule has 1 aromatic carbocycles. The smallest absolute Gasteiger partial charge is 0.142 e. The van der Waals surface area contributed by atoms with Crippen LogP contribution in [0.4, 0.5) is 0 Å². The fraction of sp³-hybridized carbons (Fsp3) is 0.333. The SMILES string of the molecule is CCOc1ccc(-c2ccnc(CNC)n2)cc1C. The molecule has 4 nitrogen and oxygen atoms in total. The lowest BCUT2D eigenvalue weighted by Gasteiger charge is -2.09. The Hall–Kier alpha value is -1.94. The van der Waals surface area contributed by atoms with Crippen LogP contribution in [0, 0.1) is 6.92 Å². The van der Waals surface area contributed by atoms with E-state index in [4.69, 9.17) is 4.74 Å². The van der Waals surface area contributed by atoms with Gasteiger partial charge in [0.2, 0.25) is 0 Å². The van der Waals surface area contributed by atoms with Crippen molar-refractivity contribution in [1.29, 1.82) is 0 Å². The molecule has 0 atom stereocenters. The molecule has 0 unspecified atom stereocenters. The zero-order chi connectivity index (χ0) is 13.7. The summed E-state index contributed by atoms with van der Waals surface area (Å²) in [4.78, 5) is 8.76. The Morgan fingerprint density at radius 3 is 2.79 bits per heavy atom. The first-order valence-electron chi connectivity index (χ1n) is 6.45. The average Bonchev–Trinajstić information content (AvgIpc) is 2.42. The number of rotatable bonds is 5. The van der Waals surface area contributed by atoms with Crippen LogP contribution >= 0.6 is 0 Å². The zero-order valence-electron chi connectivity index (χ0n) is 11.6. The maximum Gasteiger partial charge on any atom is 0.142 e. The fourth-order valence-electron chi connectivity index (χ4n) is 1.93. The van der Waals surface area contributed by atoms with Gasteiger partial charge in [-0.3, -0.25) is 0 Å². The normalized spacial score (nSPS) is 10.5. The molecule has 0 saturated carbocycles. The largest absolute Gasteiger partial charge is 0.494 e. The van der Waals surface area contributed by atoms with Gasteiger partial charge in [0.15, 0.2) is 0 Å². The summed E-state index contributed by atoms with van der Waals surface area (Å²) in [6.07, 6.45) is 1.79. The summed E-state index contributed by atoms with van der Waals surface area (Å²) in [5.74, 6) is 1.72. The highest BCUT2D eigenvalue weighted by molar-refractivity contribution is 5.61. The first-order valence-corrected chi connectivity index (χ1v) is 6.45. The van der Waals surface area contributed by atoms with Crippen LogP contribution in [0.1, 0.15) is 18.3 Å². The van der Waals surface area contributed by atoms with Gasteiger partial charge in [0.05, 0.1) is 18.8 Å². The molecular weight excluding hydrogens is 238 g/mol. The predicted molar refractivity (Wildman–Crippen MR) is 76.1 cm³/mol. The number of ether oxygens (including phenoxy) is 1. The first-order chi connectivity index (χ1) is 9.24. The lowest BCUT2D eigenvalue weighted by molar-refractivity contribution is 0.338. The van der Waals surface area contributed by atoms with Gasteiger partial charge >= 0.3 is 0 Å². The Morgan fingerprint density at radius 1 is 1.26 bits per heavy atom. The number of hydrogen-bond acceptors (Lipinski definition) is 4. The maximum absolute atomic E-state index is 5.55. The van der Waals surface area contributed by atoms with Gasteiger partial charge in [-0.05, 0) is 50.7 Å². The molecule has 0 amide bonds. The maximum atomic E-state index is 5.55. The van der Waals surface area contributed by atoms with E-state index >= 15 is 0 Å². The quantitative estimate of drug-likeness (QED) is 0.894. The molecule has 0 aliphatic heterocycles. The third-order valence-electron chi connectivity index (χ3n) is 2.81. The molecule has 0 saturated heterocycles. The van der Waals surface area contributed by atoms with Crippen LogP contribution in [-0.4, -0.2) is 23.6 Å². The standard InChI is InChI=1S/C15H19N3O/c1-4-19-14-6-5-12(9-11(14)2)13-7-8-17-15(18-13)10-16-3/h5-9,16H,4,10H2,1-3H3. The number of hydrogen-bond donors (Lipinski definition) is 1. The topological polar surface area (TPSA) is 47.0 Å². The number of aryl methyl sites for hydroxylation is 1. The molecule has 2 aromatic rings. The highest BCUT2D eigenvalue weighted by Crippen LogP contribution is 2.24. The van der Waals surface area contributed by atoms with E-state index in [0.29, 0.717) is 13.2 Å². The van der Waals surface area contributed by atoms with Crippen LogP contribution < -0.4 is 10.1 Å². The van der Waals surface area contributed by atoms with E-state index in [2.05, 4.69) is 21.4 Å². The highest BCUT2D eigenvalue weighted by atomic mass is 16.5. The van der Waals surface area contributed by atoms with E-state index < -0.39 is 0 Å². The second kappa shape index (κ2) is 6.29. The lowest BCUT2D eigenvalue weighted by atomic mass is 10.1. The summed E-state index contributed by atoms with van der Waals surface area (Å²) in [5, 5.41) is 3.05. The van der Waals surface area contributed by atoms with E-state index in [0.717, 1.165) is 28.4 Å². The third-order valence-corrected chi connectivity index (χ3v) is 2.81. The molecule has 0 fully saturated rings. The molecular formula is C15H19N3O. The van der Waals surface area contributed by atoms with Gasteiger partial charge in [0.25, 0.3) is 0 Å². The van der Waals surface area contributed by atoms with E-state index in [1.54, 1.807) is 6.20 Å². The summed E-state index contributed by atoms with van der Waals surface area (Å²) in [6.45, 7) is 5.38. The third kappa shape index (κ3) is 3.29. The van der Waals surface area contributed by atoms with Crippen molar-refractivity contribution >= 4 is 0 Å². The van der Waals surface area contributed by atoms with Crippen molar-refractivity contribution in [2.24, 2.45) is 0 Å². The Kier molecular flexibility index (Phi) is 4.47. The van der Waals surface area contributed by atoms with Gasteiger partial charge in [0, 0.05) is 11.8 Å². The van der Waals surface area contributed by atoms with Gasteiger partial charge in [-0.2, -0.15) is 0 Å². The summed E-state index contributed by atoms with van der Waals surface area (Å²) >= 11 is 0. The van der Waals surface area contributed by atoms with Crippen molar-refractivity contribution in [2.75, 3.05) is 13.7 Å². The second-order valence-electron chi connectivity index (χ2n) is 4.30. The van der Waals surface area contributed by atoms with E-state index in [1.165, 1.54) is 0 Å². The van der Waals surface area contributed by atoms with Crippen molar-refractivity contribution < 1.29 is 4.74 Å². The number of aromatic nitrogens is 2. The second-order valence-corrected chi connectivity index (χ2v) is 4.30. The summed E-state index contributed by atoms with van der Waals surface area (Å²) < 4.78 is 5.55. The van der Waals surface area contributed by atoms with Crippen molar-refractivity contribution in [3.05, 3.63) is 41.9 Å². The molecule has 4 heteroatoms. The van der Waals surface area contributed by atoms with Gasteiger partial charge in [-0.15, -0.1) is 0 Å². The number of benzene rings is 1. The minimum atomic E-state index is 0.670. The van der Waals surface area contributed by atoms with Crippen LogP contribution in [-0.2, 0) is 6.54 Å². The molecule has 1 N–H and O–H groups in total. The first kappa shape index (κ1) is 13.5. The minimum absolute atomic E-state index is 0.670. The molecule has 0 aliphatic rings. The molecule has 0 bridgehead atoms. The zero-order valence-corrected chi connectivity index (χ0v) is 11.6. The molecule has 1 aromatic heterocycles. The van der Waals surface area contributed by atoms with E-state index in [1.807, 2.05) is 39.1 Å². The van der Waals surface area contributed by atoms with Crippen LogP contribution in [0.25, 0.3) is 11.3 Å². The summed E-state index contributed by atoms with van der Waals surface area (Å²) in [6, 6.07) is 8.04. The molecule has 100 valence electrons. The monoisotopic (exact) mass is 257 g/mol. The van der Waals surface area contributed by atoms with E-state index in [-0.39, 0.29) is 0 Å². The van der Waals surface area contributed by atoms with Gasteiger partial charge in [-0.1, -0.05) is 0 Å². The summed E-state index contributed by atoms with van der Waals surface area (Å²) in [7, 11) is 1.89. The van der Waals surface area contributed by atoms with Crippen LogP contribution in [0.2, 0.25) is 0 Å². The van der Waals surface area contributed by atoms with Gasteiger partial charge in [-0.25, -0.2) is 9.97 Å². The predicted octanol–water partition coefficient (Wildman–Crippen LogP) is 2.57. The molecule has 0 spiro atoms. The van der Waals surface area contributed by atoms with Crippen LogP contribution in [0.5, 0.6) is 5.75 Å². The fourth-order valence-corrected chi connectivity index (χ4v) is 1.93. The Bertz CT molecular complexity index is 555. The molecule has 2 rings (SSSR count). The average molecular weight is 257 g/mol. The lowest BCUT2D eigenvalue weighted by Crippen LogP contribution is -2.09. The highest BCUT2D eigenvalue weighted by Gasteiger charge is 2.05. The van der Waals surface area contributed by atoms with Crippen molar-refractivity contribution in [3.8, 4) is 17.0 Å². The van der Waals surface area contributed by atoms with Crippen molar-refractivity contribution in [3.63, 3.8) is 0 Å². The minimum Gasteiger partial charge on any atom is -0.494 e. The molecule has 0 radical (unpaired) electrons. The van der Waals surface area contributed by atoms with E-state index in [9.17, 15) is 0 Å². The van der Waals surface area contributed by atoms with Crippen LogP contribution in [0.3, 0.4) is 0 Å². The Balaban J connectivity index is 2.31.